The Morgan fingerprint density at radius 2 is 2.06 bits per heavy atom. The summed E-state index contributed by atoms with van der Waals surface area (Å²) in [5.41, 5.74) is 0. The zero-order valence-electron chi connectivity index (χ0n) is 10.7. The minimum Gasteiger partial charge on any atom is -0.374 e. The van der Waals surface area contributed by atoms with E-state index in [1.54, 1.807) is 7.11 Å². The van der Waals surface area contributed by atoms with Crippen molar-refractivity contribution in [3.63, 3.8) is 0 Å². The lowest BCUT2D eigenvalue weighted by Crippen LogP contribution is -2.32. The summed E-state index contributed by atoms with van der Waals surface area (Å²) in [6.45, 7) is 6.22. The van der Waals surface area contributed by atoms with E-state index in [-0.39, 0.29) is 6.10 Å². The largest absolute Gasteiger partial charge is 0.374 e. The summed E-state index contributed by atoms with van der Waals surface area (Å²) in [6, 6.07) is 0.353. The number of hydrogen-bond donors (Lipinski definition) is 1. The van der Waals surface area contributed by atoms with Gasteiger partial charge in [-0.05, 0) is 19.9 Å². The summed E-state index contributed by atoms with van der Waals surface area (Å²) in [4.78, 5) is 4.31. The average molecular weight is 227 g/mol. The number of likely N-dealkylation sites (N-methyl/N-ethyl adjacent to an activating group) is 1. The van der Waals surface area contributed by atoms with Gasteiger partial charge < -0.3 is 14.6 Å². The third-order valence-corrected chi connectivity index (χ3v) is 2.77. The topological polar surface area (TPSA) is 60.2 Å². The molecule has 0 aliphatic carbocycles. The van der Waals surface area contributed by atoms with Gasteiger partial charge in [0, 0.05) is 19.6 Å². The second-order valence-corrected chi connectivity index (χ2v) is 4.27. The summed E-state index contributed by atoms with van der Waals surface area (Å²) >= 11 is 0. The van der Waals surface area contributed by atoms with Crippen LogP contribution in [0.15, 0.2) is 4.52 Å². The maximum absolute atomic E-state index is 5.19. The molecule has 0 saturated heterocycles. The van der Waals surface area contributed by atoms with Crippen molar-refractivity contribution in [1.82, 2.24) is 15.5 Å². The molecule has 2 unspecified atom stereocenters. The van der Waals surface area contributed by atoms with E-state index < -0.39 is 0 Å². The normalized spacial score (nSPS) is 15.4. The van der Waals surface area contributed by atoms with E-state index >= 15 is 0 Å². The highest BCUT2D eigenvalue weighted by Gasteiger charge is 2.18. The lowest BCUT2D eigenvalue weighted by Gasteiger charge is -2.17. The molecular formula is C11H21N3O2. The van der Waals surface area contributed by atoms with Crippen LogP contribution in [0.5, 0.6) is 0 Å². The number of aromatic nitrogens is 2. The van der Waals surface area contributed by atoms with Crippen LogP contribution in [0.1, 0.15) is 38.6 Å². The zero-order valence-corrected chi connectivity index (χ0v) is 10.7. The summed E-state index contributed by atoms with van der Waals surface area (Å²) in [5.74, 6) is 1.79. The van der Waals surface area contributed by atoms with Crippen molar-refractivity contribution >= 4 is 0 Å². The van der Waals surface area contributed by atoms with Gasteiger partial charge in [-0.1, -0.05) is 19.0 Å². The zero-order chi connectivity index (χ0) is 12.1. The first-order valence-electron chi connectivity index (χ1n) is 5.61. The maximum atomic E-state index is 5.19. The Morgan fingerprint density at radius 1 is 1.38 bits per heavy atom. The van der Waals surface area contributed by atoms with Crippen molar-refractivity contribution in [3.8, 4) is 0 Å². The van der Waals surface area contributed by atoms with Crippen molar-refractivity contribution in [2.45, 2.75) is 39.3 Å². The van der Waals surface area contributed by atoms with Gasteiger partial charge >= 0.3 is 0 Å². The number of nitrogens with one attached hydrogen (secondary N) is 1. The summed E-state index contributed by atoms with van der Waals surface area (Å²) in [7, 11) is 3.57. The van der Waals surface area contributed by atoms with Crippen LogP contribution in [-0.4, -0.2) is 30.3 Å². The molecule has 5 heteroatoms. The molecule has 16 heavy (non-hydrogen) atoms. The van der Waals surface area contributed by atoms with Crippen LogP contribution in [-0.2, 0) is 11.2 Å². The van der Waals surface area contributed by atoms with Gasteiger partial charge in [0.2, 0.25) is 5.89 Å². The number of ether oxygens (including phenoxy) is 1. The smallest absolute Gasteiger partial charge is 0.228 e. The third-order valence-electron chi connectivity index (χ3n) is 2.77. The lowest BCUT2D eigenvalue weighted by molar-refractivity contribution is 0.109. The molecule has 0 aliphatic rings. The van der Waals surface area contributed by atoms with Gasteiger partial charge in [0.25, 0.3) is 0 Å². The molecule has 1 aromatic heterocycles. The standard InChI is InChI=1S/C11H21N3O2/c1-7(2)9(12-4)6-10-13-11(14-16-10)8(3)15-5/h7-9,12H,6H2,1-5H3. The van der Waals surface area contributed by atoms with E-state index in [1.807, 2.05) is 14.0 Å². The molecule has 5 nitrogen and oxygen atoms in total. The highest BCUT2D eigenvalue weighted by Crippen LogP contribution is 2.14. The van der Waals surface area contributed by atoms with E-state index in [0.717, 1.165) is 6.42 Å². The van der Waals surface area contributed by atoms with Crippen LogP contribution in [0.4, 0.5) is 0 Å². The molecular weight excluding hydrogens is 206 g/mol. The Balaban J connectivity index is 2.64. The molecule has 0 radical (unpaired) electrons. The summed E-state index contributed by atoms with van der Waals surface area (Å²) in [6.07, 6.45) is 0.627. The maximum Gasteiger partial charge on any atom is 0.228 e. The van der Waals surface area contributed by atoms with Gasteiger partial charge in [0.1, 0.15) is 6.10 Å². The van der Waals surface area contributed by atoms with Gasteiger partial charge in [0.05, 0.1) is 0 Å². The van der Waals surface area contributed by atoms with E-state index in [0.29, 0.717) is 23.7 Å². The Labute approximate surface area is 96.6 Å². The first kappa shape index (κ1) is 13.1. The predicted octanol–water partition coefficient (Wildman–Crippen LogP) is 1.56. The molecule has 0 saturated carbocycles. The Morgan fingerprint density at radius 3 is 2.56 bits per heavy atom. The Hall–Kier alpha value is -0.940. The molecule has 2 atom stereocenters. The van der Waals surface area contributed by atoms with E-state index in [1.165, 1.54) is 0 Å². The van der Waals surface area contributed by atoms with Crippen molar-refractivity contribution in [2.75, 3.05) is 14.2 Å². The highest BCUT2D eigenvalue weighted by molar-refractivity contribution is 4.92. The number of hydrogen-bond acceptors (Lipinski definition) is 5. The van der Waals surface area contributed by atoms with Crippen molar-refractivity contribution in [2.24, 2.45) is 5.92 Å². The van der Waals surface area contributed by atoms with Crippen LogP contribution in [0, 0.1) is 5.92 Å². The molecule has 0 spiro atoms. The number of methoxy groups -OCH3 is 1. The van der Waals surface area contributed by atoms with Gasteiger partial charge in [-0.2, -0.15) is 4.98 Å². The first-order valence-corrected chi connectivity index (χ1v) is 5.61. The molecule has 1 aromatic rings. The minimum absolute atomic E-state index is 0.121. The molecule has 0 aromatic carbocycles. The first-order chi connectivity index (χ1) is 7.58. The molecule has 92 valence electrons. The molecule has 1 heterocycles. The third kappa shape index (κ3) is 3.28. The second kappa shape index (κ2) is 5.96. The summed E-state index contributed by atoms with van der Waals surface area (Å²) < 4.78 is 10.3. The van der Waals surface area contributed by atoms with Crippen LogP contribution in [0.25, 0.3) is 0 Å². The number of rotatable bonds is 6. The minimum atomic E-state index is -0.121. The molecule has 0 fully saturated rings. The fourth-order valence-corrected chi connectivity index (χ4v) is 1.48. The Kier molecular flexibility index (Phi) is 4.89. The van der Waals surface area contributed by atoms with Crippen LogP contribution < -0.4 is 5.32 Å². The van der Waals surface area contributed by atoms with Gasteiger partial charge in [0.15, 0.2) is 5.82 Å². The average Bonchev–Trinajstić information content (AvgIpc) is 2.72. The van der Waals surface area contributed by atoms with Crippen LogP contribution in [0.2, 0.25) is 0 Å². The van der Waals surface area contributed by atoms with Crippen molar-refractivity contribution < 1.29 is 9.26 Å². The SMILES string of the molecule is CNC(Cc1nc(C(C)OC)no1)C(C)C. The van der Waals surface area contributed by atoms with E-state index in [9.17, 15) is 0 Å². The summed E-state index contributed by atoms with van der Waals surface area (Å²) in [5, 5.41) is 7.14. The van der Waals surface area contributed by atoms with E-state index in [4.69, 9.17) is 9.26 Å². The molecule has 0 amide bonds. The van der Waals surface area contributed by atoms with Gasteiger partial charge in [-0.25, -0.2) is 0 Å². The molecule has 1 N–H and O–H groups in total. The lowest BCUT2D eigenvalue weighted by atomic mass is 10.0. The Bertz CT molecular complexity index is 312. The molecule has 0 bridgehead atoms. The quantitative estimate of drug-likeness (QED) is 0.799. The fraction of sp³-hybridized carbons (Fsp3) is 0.818. The molecule has 1 rings (SSSR count). The fourth-order valence-electron chi connectivity index (χ4n) is 1.48. The van der Waals surface area contributed by atoms with Gasteiger partial charge in [-0.15, -0.1) is 0 Å². The second-order valence-electron chi connectivity index (χ2n) is 4.27. The van der Waals surface area contributed by atoms with Crippen LogP contribution in [0.3, 0.4) is 0 Å². The monoisotopic (exact) mass is 227 g/mol. The van der Waals surface area contributed by atoms with Gasteiger partial charge in [-0.3, -0.25) is 0 Å². The van der Waals surface area contributed by atoms with Crippen molar-refractivity contribution in [3.05, 3.63) is 11.7 Å². The predicted molar refractivity (Wildman–Crippen MR) is 61.1 cm³/mol. The van der Waals surface area contributed by atoms with Crippen LogP contribution >= 0.6 is 0 Å². The number of nitrogens with zero attached hydrogens (tertiary/aromatic N) is 2. The van der Waals surface area contributed by atoms with E-state index in [2.05, 4.69) is 29.3 Å². The van der Waals surface area contributed by atoms with Crippen molar-refractivity contribution in [1.29, 1.82) is 0 Å². The highest BCUT2D eigenvalue weighted by atomic mass is 16.5. The molecule has 0 aliphatic heterocycles.